The van der Waals surface area contributed by atoms with Gasteiger partial charge in [0.05, 0.1) is 13.2 Å². The molecule has 5 nitrogen and oxygen atoms in total. The zero-order valence-corrected chi connectivity index (χ0v) is 17.5. The molecule has 1 saturated heterocycles. The second-order valence-corrected chi connectivity index (χ2v) is 9.37. The van der Waals surface area contributed by atoms with E-state index in [1.165, 1.54) is 19.3 Å². The van der Waals surface area contributed by atoms with Crippen LogP contribution in [0.1, 0.15) is 65.1 Å². The van der Waals surface area contributed by atoms with Crippen LogP contribution in [0.3, 0.4) is 0 Å². The quantitative estimate of drug-likeness (QED) is 0.722. The van der Waals surface area contributed by atoms with Crippen molar-refractivity contribution < 1.29 is 14.3 Å². The van der Waals surface area contributed by atoms with E-state index in [2.05, 4.69) is 10.2 Å². The Morgan fingerprint density at radius 1 is 1.15 bits per heavy atom. The summed E-state index contributed by atoms with van der Waals surface area (Å²) in [6.07, 6.45) is 6.57. The average molecular weight is 393 g/mol. The van der Waals surface area contributed by atoms with Crippen LogP contribution in [0.4, 0.5) is 0 Å². The minimum atomic E-state index is -0.00818. The van der Waals surface area contributed by atoms with Crippen LogP contribution in [0.25, 0.3) is 0 Å². The second kappa shape index (κ2) is 9.30. The van der Waals surface area contributed by atoms with Gasteiger partial charge in [-0.15, -0.1) is 11.3 Å². The van der Waals surface area contributed by atoms with Crippen molar-refractivity contribution in [2.24, 2.45) is 0 Å². The molecule has 1 aliphatic heterocycles. The van der Waals surface area contributed by atoms with Crippen LogP contribution in [0, 0.1) is 13.8 Å². The third-order valence-corrected chi connectivity index (χ3v) is 6.97. The molecule has 150 valence electrons. The number of aryl methyl sites for hydroxylation is 2. The van der Waals surface area contributed by atoms with E-state index in [9.17, 15) is 9.59 Å². The van der Waals surface area contributed by atoms with E-state index in [-0.39, 0.29) is 30.1 Å². The lowest BCUT2D eigenvalue weighted by atomic mass is 9.79. The van der Waals surface area contributed by atoms with Crippen molar-refractivity contribution in [2.45, 2.75) is 64.3 Å². The molecule has 1 N–H and O–H groups in total. The van der Waals surface area contributed by atoms with Gasteiger partial charge < -0.3 is 10.1 Å². The van der Waals surface area contributed by atoms with Gasteiger partial charge >= 0.3 is 0 Å². The van der Waals surface area contributed by atoms with Crippen molar-refractivity contribution in [3.05, 3.63) is 21.4 Å². The Hall–Kier alpha value is -1.24. The summed E-state index contributed by atoms with van der Waals surface area (Å²) in [6, 6.07) is 1.94. The molecule has 0 spiro atoms. The topological polar surface area (TPSA) is 58.6 Å². The van der Waals surface area contributed by atoms with Crippen LogP contribution in [0.2, 0.25) is 0 Å². The maximum Gasteiger partial charge on any atom is 0.220 e. The van der Waals surface area contributed by atoms with Crippen LogP contribution < -0.4 is 5.32 Å². The number of amides is 1. The third-order valence-electron chi connectivity index (χ3n) is 6.00. The molecule has 0 unspecified atom stereocenters. The molecule has 2 fully saturated rings. The normalized spacial score (nSPS) is 20.4. The number of hydrogen-bond acceptors (Lipinski definition) is 5. The lowest BCUT2D eigenvalue weighted by Gasteiger charge is -2.48. The Kier molecular flexibility index (Phi) is 7.06. The van der Waals surface area contributed by atoms with Gasteiger partial charge in [-0.3, -0.25) is 14.5 Å². The van der Waals surface area contributed by atoms with E-state index in [1.54, 1.807) is 11.3 Å². The number of nitrogens with one attached hydrogen (secondary N) is 1. The van der Waals surface area contributed by atoms with E-state index < -0.39 is 0 Å². The minimum Gasteiger partial charge on any atom is -0.379 e. The fourth-order valence-electron chi connectivity index (χ4n) is 4.47. The number of thiophene rings is 1. The van der Waals surface area contributed by atoms with Crippen molar-refractivity contribution in [1.29, 1.82) is 0 Å². The second-order valence-electron chi connectivity index (χ2n) is 7.91. The molecule has 6 heteroatoms. The summed E-state index contributed by atoms with van der Waals surface area (Å²) in [5.74, 6) is 0.0683. The molecule has 27 heavy (non-hydrogen) atoms. The summed E-state index contributed by atoms with van der Waals surface area (Å²) in [5.41, 5.74) is 0.852. The standard InChI is InChI=1S/C21H32N2O3S/c1-16-14-18(17(2)27-16)19(24)6-7-20(25)22-15-21(8-4-3-5-9-21)23-10-12-26-13-11-23/h14H,3-13,15H2,1-2H3,(H,22,25). The van der Waals surface area contributed by atoms with Crippen molar-refractivity contribution in [2.75, 3.05) is 32.8 Å². The van der Waals surface area contributed by atoms with Gasteiger partial charge in [-0.05, 0) is 32.8 Å². The van der Waals surface area contributed by atoms with Gasteiger partial charge in [0.1, 0.15) is 0 Å². The maximum absolute atomic E-state index is 12.4. The Labute approximate surface area is 166 Å². The van der Waals surface area contributed by atoms with Gasteiger partial charge in [-0.2, -0.15) is 0 Å². The average Bonchev–Trinajstić information content (AvgIpc) is 3.04. The maximum atomic E-state index is 12.4. The lowest BCUT2D eigenvalue weighted by Crippen LogP contribution is -2.59. The number of Topliss-reactive ketones (excluding diaryl/α,β-unsaturated/α-hetero) is 1. The van der Waals surface area contributed by atoms with Crippen LogP contribution in [-0.4, -0.2) is 55.0 Å². The number of morpholine rings is 1. The third kappa shape index (κ3) is 5.18. The summed E-state index contributed by atoms with van der Waals surface area (Å²) in [5, 5.41) is 3.15. The van der Waals surface area contributed by atoms with Crippen LogP contribution in [0.5, 0.6) is 0 Å². The van der Waals surface area contributed by atoms with E-state index in [1.807, 2.05) is 19.9 Å². The van der Waals surface area contributed by atoms with E-state index in [4.69, 9.17) is 4.74 Å². The Bertz CT molecular complexity index is 658. The first kappa shape index (κ1) is 20.5. The first-order valence-electron chi connectivity index (χ1n) is 10.2. The number of nitrogens with zero attached hydrogens (tertiary/aromatic N) is 1. The number of ether oxygens (including phenoxy) is 1. The van der Waals surface area contributed by atoms with Gasteiger partial charge in [-0.1, -0.05) is 19.3 Å². The molecule has 1 aromatic rings. The Balaban J connectivity index is 1.51. The van der Waals surface area contributed by atoms with Gasteiger partial charge in [-0.25, -0.2) is 0 Å². The highest BCUT2D eigenvalue weighted by Gasteiger charge is 2.38. The molecule has 0 aromatic carbocycles. The summed E-state index contributed by atoms with van der Waals surface area (Å²) >= 11 is 1.64. The molecule has 0 atom stereocenters. The fraction of sp³-hybridized carbons (Fsp3) is 0.714. The summed E-state index contributed by atoms with van der Waals surface area (Å²) in [7, 11) is 0. The monoisotopic (exact) mass is 392 g/mol. The Morgan fingerprint density at radius 3 is 2.48 bits per heavy atom. The first-order chi connectivity index (χ1) is 13.0. The number of ketones is 1. The molecule has 1 amide bonds. The number of carbonyl (C=O) groups is 2. The molecular weight excluding hydrogens is 360 g/mol. The number of hydrogen-bond donors (Lipinski definition) is 1. The highest BCUT2D eigenvalue weighted by atomic mass is 32.1. The molecular formula is C21H32N2O3S. The zero-order valence-electron chi connectivity index (χ0n) is 16.6. The molecule has 3 rings (SSSR count). The largest absolute Gasteiger partial charge is 0.379 e. The molecule has 2 heterocycles. The van der Waals surface area contributed by atoms with Crippen molar-refractivity contribution in [3.8, 4) is 0 Å². The predicted molar refractivity (Wildman–Crippen MR) is 109 cm³/mol. The molecule has 1 aromatic heterocycles. The first-order valence-corrected chi connectivity index (χ1v) is 11.0. The molecule has 1 aliphatic carbocycles. The molecule has 2 aliphatic rings. The van der Waals surface area contributed by atoms with Crippen LogP contribution in [-0.2, 0) is 9.53 Å². The summed E-state index contributed by atoms with van der Waals surface area (Å²) in [4.78, 5) is 29.6. The van der Waals surface area contributed by atoms with Crippen molar-refractivity contribution in [1.82, 2.24) is 10.2 Å². The van der Waals surface area contributed by atoms with E-state index in [0.717, 1.165) is 54.5 Å². The summed E-state index contributed by atoms with van der Waals surface area (Å²) in [6.45, 7) is 8.14. The highest BCUT2D eigenvalue weighted by molar-refractivity contribution is 7.12. The van der Waals surface area contributed by atoms with Crippen molar-refractivity contribution >= 4 is 23.0 Å². The SMILES string of the molecule is Cc1cc(C(=O)CCC(=O)NCC2(N3CCOCC3)CCCCC2)c(C)s1. The van der Waals surface area contributed by atoms with Crippen molar-refractivity contribution in [3.63, 3.8) is 0 Å². The molecule has 1 saturated carbocycles. The van der Waals surface area contributed by atoms with Gasteiger partial charge in [0.25, 0.3) is 0 Å². The Morgan fingerprint density at radius 2 is 1.85 bits per heavy atom. The van der Waals surface area contributed by atoms with Gasteiger partial charge in [0.2, 0.25) is 5.91 Å². The summed E-state index contributed by atoms with van der Waals surface area (Å²) < 4.78 is 5.51. The fourth-order valence-corrected chi connectivity index (χ4v) is 5.42. The number of rotatable bonds is 7. The predicted octanol–water partition coefficient (Wildman–Crippen LogP) is 3.48. The van der Waals surface area contributed by atoms with Gasteiger partial charge in [0.15, 0.2) is 5.78 Å². The number of carbonyl (C=O) groups excluding carboxylic acids is 2. The molecule has 0 bridgehead atoms. The smallest absolute Gasteiger partial charge is 0.220 e. The van der Waals surface area contributed by atoms with Gasteiger partial charge in [0, 0.05) is 53.3 Å². The minimum absolute atomic E-state index is 0.00818. The highest BCUT2D eigenvalue weighted by Crippen LogP contribution is 2.34. The zero-order chi connectivity index (χ0) is 19.3. The van der Waals surface area contributed by atoms with Crippen LogP contribution >= 0.6 is 11.3 Å². The van der Waals surface area contributed by atoms with E-state index in [0.29, 0.717) is 6.54 Å². The molecule has 0 radical (unpaired) electrons. The van der Waals surface area contributed by atoms with E-state index >= 15 is 0 Å². The van der Waals surface area contributed by atoms with Crippen LogP contribution in [0.15, 0.2) is 6.07 Å². The lowest BCUT2D eigenvalue weighted by molar-refractivity contribution is -0.122.